The Labute approximate surface area is 121 Å². The molecule has 1 aliphatic rings. The van der Waals surface area contributed by atoms with E-state index in [9.17, 15) is 0 Å². The number of anilines is 1. The molecular weight excluding hydrogens is 278 g/mol. The first-order valence-corrected chi connectivity index (χ1v) is 6.79. The number of halogens is 1. The summed E-state index contributed by atoms with van der Waals surface area (Å²) in [4.78, 5) is 8.12. The fraction of sp³-hybridized carbons (Fsp3) is 0.286. The van der Waals surface area contributed by atoms with E-state index in [4.69, 9.17) is 21.1 Å². The van der Waals surface area contributed by atoms with Crippen molar-refractivity contribution in [1.82, 2.24) is 9.97 Å². The second kappa shape index (κ2) is 5.96. The number of para-hydroxylation sites is 1. The average molecular weight is 292 g/mol. The molecule has 0 amide bonds. The van der Waals surface area contributed by atoms with Gasteiger partial charge in [0, 0.05) is 18.5 Å². The molecule has 1 aromatic heterocycles. The first kappa shape index (κ1) is 13.0. The SMILES string of the molecule is Clc1cncc(NCc2cccc3c2OCCCO3)n1. The van der Waals surface area contributed by atoms with Crippen LogP contribution in [-0.4, -0.2) is 23.2 Å². The van der Waals surface area contributed by atoms with E-state index >= 15 is 0 Å². The second-order valence-corrected chi connectivity index (χ2v) is 4.76. The molecule has 0 bridgehead atoms. The predicted molar refractivity (Wildman–Crippen MR) is 76.4 cm³/mol. The van der Waals surface area contributed by atoms with Crippen LogP contribution in [0.5, 0.6) is 11.5 Å². The van der Waals surface area contributed by atoms with Gasteiger partial charge in [0.05, 0.1) is 25.6 Å². The Bertz CT molecular complexity index is 607. The Morgan fingerprint density at radius 1 is 1.20 bits per heavy atom. The molecule has 0 unspecified atom stereocenters. The molecule has 20 heavy (non-hydrogen) atoms. The van der Waals surface area contributed by atoms with E-state index in [-0.39, 0.29) is 0 Å². The largest absolute Gasteiger partial charge is 0.490 e. The Hall–Kier alpha value is -2.01. The zero-order valence-corrected chi connectivity index (χ0v) is 11.6. The molecule has 0 spiro atoms. The lowest BCUT2D eigenvalue weighted by Gasteiger charge is -2.13. The van der Waals surface area contributed by atoms with Crippen LogP contribution in [-0.2, 0) is 6.54 Å². The van der Waals surface area contributed by atoms with Crippen molar-refractivity contribution in [2.24, 2.45) is 0 Å². The third-order valence-corrected chi connectivity index (χ3v) is 3.10. The first-order valence-electron chi connectivity index (χ1n) is 6.42. The summed E-state index contributed by atoms with van der Waals surface area (Å²) < 4.78 is 11.4. The van der Waals surface area contributed by atoms with Gasteiger partial charge < -0.3 is 14.8 Å². The summed E-state index contributed by atoms with van der Waals surface area (Å²) in [7, 11) is 0. The standard InChI is InChI=1S/C14H14ClN3O2/c15-12-8-16-9-13(18-12)17-7-10-3-1-4-11-14(10)20-6-2-5-19-11/h1,3-4,8-9H,2,5-7H2,(H,17,18). The van der Waals surface area contributed by atoms with E-state index in [0.29, 0.717) is 30.7 Å². The summed E-state index contributed by atoms with van der Waals surface area (Å²) in [6.45, 7) is 1.92. The lowest BCUT2D eigenvalue weighted by Crippen LogP contribution is -2.05. The van der Waals surface area contributed by atoms with Crippen LogP contribution in [0.3, 0.4) is 0 Å². The zero-order valence-electron chi connectivity index (χ0n) is 10.8. The van der Waals surface area contributed by atoms with Crippen molar-refractivity contribution in [3.63, 3.8) is 0 Å². The van der Waals surface area contributed by atoms with E-state index in [1.165, 1.54) is 6.20 Å². The molecule has 1 aromatic carbocycles. The minimum absolute atomic E-state index is 0.362. The Morgan fingerprint density at radius 2 is 2.10 bits per heavy atom. The van der Waals surface area contributed by atoms with Crippen LogP contribution < -0.4 is 14.8 Å². The molecule has 1 aliphatic heterocycles. The number of benzene rings is 1. The number of hydrogen-bond acceptors (Lipinski definition) is 5. The van der Waals surface area contributed by atoms with E-state index in [0.717, 1.165) is 23.5 Å². The highest BCUT2D eigenvalue weighted by Gasteiger charge is 2.14. The molecule has 104 valence electrons. The van der Waals surface area contributed by atoms with Crippen molar-refractivity contribution in [2.75, 3.05) is 18.5 Å². The molecule has 3 rings (SSSR count). The van der Waals surface area contributed by atoms with E-state index < -0.39 is 0 Å². The van der Waals surface area contributed by atoms with Gasteiger partial charge in [-0.2, -0.15) is 0 Å². The van der Waals surface area contributed by atoms with Gasteiger partial charge in [-0.25, -0.2) is 4.98 Å². The molecule has 0 saturated carbocycles. The summed E-state index contributed by atoms with van der Waals surface area (Å²) in [5, 5.41) is 3.54. The molecule has 0 radical (unpaired) electrons. The lowest BCUT2D eigenvalue weighted by molar-refractivity contribution is 0.296. The quantitative estimate of drug-likeness (QED) is 0.942. The monoisotopic (exact) mass is 291 g/mol. The predicted octanol–water partition coefficient (Wildman–Crippen LogP) is 2.90. The van der Waals surface area contributed by atoms with Gasteiger partial charge in [-0.3, -0.25) is 4.98 Å². The maximum absolute atomic E-state index is 5.81. The van der Waals surface area contributed by atoms with Gasteiger partial charge in [-0.15, -0.1) is 0 Å². The van der Waals surface area contributed by atoms with E-state index in [1.54, 1.807) is 6.20 Å². The van der Waals surface area contributed by atoms with Crippen molar-refractivity contribution < 1.29 is 9.47 Å². The highest BCUT2D eigenvalue weighted by molar-refractivity contribution is 6.29. The third-order valence-electron chi connectivity index (χ3n) is 2.92. The molecule has 0 aliphatic carbocycles. The minimum Gasteiger partial charge on any atom is -0.490 e. The fourth-order valence-electron chi connectivity index (χ4n) is 2.01. The minimum atomic E-state index is 0.362. The Morgan fingerprint density at radius 3 is 3.00 bits per heavy atom. The van der Waals surface area contributed by atoms with Gasteiger partial charge in [0.15, 0.2) is 11.5 Å². The van der Waals surface area contributed by atoms with Crippen molar-refractivity contribution in [3.05, 3.63) is 41.3 Å². The van der Waals surface area contributed by atoms with Crippen LogP contribution in [0.2, 0.25) is 5.15 Å². The summed E-state index contributed by atoms with van der Waals surface area (Å²) in [6, 6.07) is 5.87. The number of nitrogens with zero attached hydrogens (tertiary/aromatic N) is 2. The lowest BCUT2D eigenvalue weighted by atomic mass is 10.2. The van der Waals surface area contributed by atoms with Crippen LogP contribution in [0.1, 0.15) is 12.0 Å². The fourth-order valence-corrected chi connectivity index (χ4v) is 2.15. The third kappa shape index (κ3) is 2.93. The number of nitrogens with one attached hydrogen (secondary N) is 1. The summed E-state index contributed by atoms with van der Waals surface area (Å²) in [5.74, 6) is 2.22. The number of ether oxygens (including phenoxy) is 2. The smallest absolute Gasteiger partial charge is 0.166 e. The van der Waals surface area contributed by atoms with Crippen molar-refractivity contribution in [2.45, 2.75) is 13.0 Å². The maximum Gasteiger partial charge on any atom is 0.166 e. The maximum atomic E-state index is 5.81. The van der Waals surface area contributed by atoms with Gasteiger partial charge in [-0.1, -0.05) is 23.7 Å². The van der Waals surface area contributed by atoms with Crippen molar-refractivity contribution in [1.29, 1.82) is 0 Å². The van der Waals surface area contributed by atoms with Crippen LogP contribution in [0.25, 0.3) is 0 Å². The average Bonchev–Trinajstić information content (AvgIpc) is 2.71. The molecule has 0 atom stereocenters. The molecular formula is C14H14ClN3O2. The highest BCUT2D eigenvalue weighted by Crippen LogP contribution is 2.33. The van der Waals surface area contributed by atoms with Crippen molar-refractivity contribution >= 4 is 17.4 Å². The highest BCUT2D eigenvalue weighted by atomic mass is 35.5. The second-order valence-electron chi connectivity index (χ2n) is 4.38. The molecule has 6 heteroatoms. The van der Waals surface area contributed by atoms with Crippen LogP contribution in [0.15, 0.2) is 30.6 Å². The van der Waals surface area contributed by atoms with Gasteiger partial charge >= 0.3 is 0 Å². The topological polar surface area (TPSA) is 56.3 Å². The molecule has 5 nitrogen and oxygen atoms in total. The zero-order chi connectivity index (χ0) is 13.8. The summed E-state index contributed by atoms with van der Waals surface area (Å²) in [5.41, 5.74) is 1.02. The van der Waals surface area contributed by atoms with Crippen LogP contribution in [0, 0.1) is 0 Å². The molecule has 1 N–H and O–H groups in total. The van der Waals surface area contributed by atoms with Gasteiger partial charge in [-0.05, 0) is 6.07 Å². The van der Waals surface area contributed by atoms with E-state index in [2.05, 4.69) is 15.3 Å². The molecule has 0 saturated heterocycles. The van der Waals surface area contributed by atoms with Gasteiger partial charge in [0.2, 0.25) is 0 Å². The number of aromatic nitrogens is 2. The van der Waals surface area contributed by atoms with Crippen LogP contribution in [0.4, 0.5) is 5.82 Å². The number of hydrogen-bond donors (Lipinski definition) is 1. The first-order chi connectivity index (χ1) is 9.83. The molecule has 0 fully saturated rings. The van der Waals surface area contributed by atoms with Crippen LogP contribution >= 0.6 is 11.6 Å². The summed E-state index contributed by atoms with van der Waals surface area (Å²) in [6.07, 6.45) is 4.02. The molecule has 2 aromatic rings. The normalized spacial score (nSPS) is 13.7. The Balaban J connectivity index is 1.77. The van der Waals surface area contributed by atoms with Crippen molar-refractivity contribution in [3.8, 4) is 11.5 Å². The summed E-state index contributed by atoms with van der Waals surface area (Å²) >= 11 is 5.81. The molecule has 2 heterocycles. The Kier molecular flexibility index (Phi) is 3.87. The number of rotatable bonds is 3. The van der Waals surface area contributed by atoms with E-state index in [1.807, 2.05) is 18.2 Å². The number of fused-ring (bicyclic) bond motifs is 1. The van der Waals surface area contributed by atoms with Gasteiger partial charge in [0.1, 0.15) is 11.0 Å². The van der Waals surface area contributed by atoms with Gasteiger partial charge in [0.25, 0.3) is 0 Å².